The minimum atomic E-state index is -0.609. The smallest absolute Gasteiger partial charge is 0.151 e. The van der Waals surface area contributed by atoms with Gasteiger partial charge in [0.25, 0.3) is 0 Å². The maximum atomic E-state index is 14.4. The number of aromatic nitrogens is 2. The number of benzene rings is 1. The Kier molecular flexibility index (Phi) is 4.49. The number of aryl methyl sites for hydroxylation is 1. The van der Waals surface area contributed by atoms with Crippen molar-refractivity contribution in [2.24, 2.45) is 12.8 Å². The molecule has 3 N–H and O–H groups in total. The van der Waals surface area contributed by atoms with Crippen LogP contribution < -0.4 is 20.9 Å². The first-order valence-corrected chi connectivity index (χ1v) is 9.28. The molecule has 2 aromatic rings. The van der Waals surface area contributed by atoms with E-state index in [4.69, 9.17) is 5.73 Å². The fraction of sp³-hybridized carbons (Fsp3) is 0.353. The predicted octanol–water partition coefficient (Wildman–Crippen LogP) is 2.12. The van der Waals surface area contributed by atoms with Gasteiger partial charge in [-0.3, -0.25) is 4.68 Å². The maximum absolute atomic E-state index is 14.4. The Morgan fingerprint density at radius 3 is 2.62 bits per heavy atom. The van der Waals surface area contributed by atoms with E-state index in [1.807, 2.05) is 11.9 Å². The molecule has 2 aliphatic rings. The highest BCUT2D eigenvalue weighted by Gasteiger charge is 2.34. The van der Waals surface area contributed by atoms with E-state index in [0.717, 1.165) is 37.7 Å². The lowest BCUT2D eigenvalue weighted by atomic mass is 10.1. The zero-order chi connectivity index (χ0) is 18.3. The van der Waals surface area contributed by atoms with Gasteiger partial charge >= 0.3 is 0 Å². The van der Waals surface area contributed by atoms with Crippen molar-refractivity contribution in [2.75, 3.05) is 36.0 Å². The minimum Gasteiger partial charge on any atom is -0.392 e. The van der Waals surface area contributed by atoms with Crippen LogP contribution in [0.25, 0.3) is 0 Å². The van der Waals surface area contributed by atoms with Crippen molar-refractivity contribution >= 4 is 23.3 Å². The molecule has 1 saturated heterocycles. The summed E-state index contributed by atoms with van der Waals surface area (Å²) < 4.78 is 30.6. The molecule has 9 heteroatoms. The second kappa shape index (κ2) is 6.81. The molecule has 2 aliphatic heterocycles. The van der Waals surface area contributed by atoms with Gasteiger partial charge in [-0.1, -0.05) is 17.8 Å². The second-order valence-corrected chi connectivity index (χ2v) is 7.41. The van der Waals surface area contributed by atoms with Crippen LogP contribution in [-0.4, -0.2) is 36.0 Å². The van der Waals surface area contributed by atoms with E-state index in [9.17, 15) is 8.78 Å². The average Bonchev–Trinajstić information content (AvgIpc) is 3.18. The monoisotopic (exact) mass is 378 g/mol. The molecule has 1 aromatic heterocycles. The molecule has 6 nitrogen and oxygen atoms in total. The zero-order valence-corrected chi connectivity index (χ0v) is 15.1. The van der Waals surface area contributed by atoms with Gasteiger partial charge in [-0.15, -0.1) is 0 Å². The third kappa shape index (κ3) is 2.90. The lowest BCUT2D eigenvalue weighted by Crippen LogP contribution is -2.44. The van der Waals surface area contributed by atoms with Crippen LogP contribution in [0.4, 0.5) is 20.3 Å². The Hall–Kier alpha value is -2.26. The SMILES string of the molecule is Cn1ncc(N2C=C(N)SC2c2c(F)cccc2F)c1N1CCNCC1. The van der Waals surface area contributed by atoms with Crippen molar-refractivity contribution in [3.8, 4) is 0 Å². The van der Waals surface area contributed by atoms with Crippen LogP contribution in [0.5, 0.6) is 0 Å². The number of hydrogen-bond acceptors (Lipinski definition) is 6. The first-order valence-electron chi connectivity index (χ1n) is 8.40. The van der Waals surface area contributed by atoms with Crippen LogP contribution in [0, 0.1) is 11.6 Å². The topological polar surface area (TPSA) is 62.4 Å². The molecule has 1 atom stereocenters. The highest BCUT2D eigenvalue weighted by Crippen LogP contribution is 2.48. The molecule has 0 bridgehead atoms. The van der Waals surface area contributed by atoms with E-state index in [1.54, 1.807) is 17.1 Å². The van der Waals surface area contributed by atoms with Crippen LogP contribution in [0.1, 0.15) is 10.9 Å². The quantitative estimate of drug-likeness (QED) is 0.853. The molecule has 4 rings (SSSR count). The molecule has 0 spiro atoms. The van der Waals surface area contributed by atoms with Gasteiger partial charge in [-0.2, -0.15) is 5.10 Å². The summed E-state index contributed by atoms with van der Waals surface area (Å²) in [5.74, 6) is -0.244. The second-order valence-electron chi connectivity index (χ2n) is 6.26. The van der Waals surface area contributed by atoms with Gasteiger partial charge in [0, 0.05) is 39.4 Å². The van der Waals surface area contributed by atoms with Crippen LogP contribution in [0.15, 0.2) is 35.6 Å². The third-order valence-corrected chi connectivity index (χ3v) is 5.66. The number of nitrogens with two attached hydrogens (primary N) is 1. The fourth-order valence-corrected chi connectivity index (χ4v) is 4.47. The molecule has 0 aliphatic carbocycles. The summed E-state index contributed by atoms with van der Waals surface area (Å²) in [6, 6.07) is 3.91. The molecule has 1 unspecified atom stereocenters. The first kappa shape index (κ1) is 17.2. The standard InChI is InChI=1S/C17H20F2N6S/c1-23-16(24-7-5-21-6-8-24)13(9-22-23)25-10-14(20)26-17(25)15-11(18)3-2-4-12(15)19/h2-4,9-10,17,21H,5-8,20H2,1H3. The van der Waals surface area contributed by atoms with E-state index in [1.165, 1.54) is 30.0 Å². The zero-order valence-electron chi connectivity index (χ0n) is 14.3. The van der Waals surface area contributed by atoms with Crippen molar-refractivity contribution in [1.29, 1.82) is 0 Å². The predicted molar refractivity (Wildman–Crippen MR) is 99.7 cm³/mol. The van der Waals surface area contributed by atoms with Crippen molar-refractivity contribution in [2.45, 2.75) is 5.37 Å². The fourth-order valence-electron chi connectivity index (χ4n) is 3.41. The molecule has 1 fully saturated rings. The molecule has 0 saturated carbocycles. The van der Waals surface area contributed by atoms with Gasteiger partial charge in [0.05, 0.1) is 16.8 Å². The summed E-state index contributed by atoms with van der Waals surface area (Å²) in [6.45, 7) is 3.43. The highest BCUT2D eigenvalue weighted by atomic mass is 32.2. The Balaban J connectivity index is 1.76. The van der Waals surface area contributed by atoms with E-state index >= 15 is 0 Å². The molecule has 1 aromatic carbocycles. The van der Waals surface area contributed by atoms with Crippen molar-refractivity contribution < 1.29 is 8.78 Å². The largest absolute Gasteiger partial charge is 0.392 e. The molecular weight excluding hydrogens is 358 g/mol. The molecule has 0 amide bonds. The van der Waals surface area contributed by atoms with Gasteiger partial charge < -0.3 is 20.9 Å². The molecule has 0 radical (unpaired) electrons. The van der Waals surface area contributed by atoms with Gasteiger partial charge in [0.15, 0.2) is 5.82 Å². The number of halogens is 2. The third-order valence-electron chi connectivity index (χ3n) is 4.60. The Morgan fingerprint density at radius 1 is 1.23 bits per heavy atom. The Bertz CT molecular complexity index is 826. The van der Waals surface area contributed by atoms with Gasteiger partial charge in [0.2, 0.25) is 0 Å². The van der Waals surface area contributed by atoms with E-state index in [-0.39, 0.29) is 5.56 Å². The maximum Gasteiger partial charge on any atom is 0.151 e. The summed E-state index contributed by atoms with van der Waals surface area (Å²) in [7, 11) is 1.87. The van der Waals surface area contributed by atoms with Gasteiger partial charge in [-0.05, 0) is 12.1 Å². The van der Waals surface area contributed by atoms with Crippen molar-refractivity contribution in [3.63, 3.8) is 0 Å². The average molecular weight is 378 g/mol. The minimum absolute atomic E-state index is 0.00399. The van der Waals surface area contributed by atoms with Crippen LogP contribution in [-0.2, 0) is 7.05 Å². The van der Waals surface area contributed by atoms with Crippen LogP contribution in [0.2, 0.25) is 0 Å². The van der Waals surface area contributed by atoms with Crippen LogP contribution >= 0.6 is 11.8 Å². The lowest BCUT2D eigenvalue weighted by Gasteiger charge is -2.32. The summed E-state index contributed by atoms with van der Waals surface area (Å²) in [4.78, 5) is 4.03. The van der Waals surface area contributed by atoms with E-state index in [2.05, 4.69) is 15.3 Å². The number of rotatable bonds is 3. The number of thioether (sulfide) groups is 1. The summed E-state index contributed by atoms with van der Waals surface area (Å²) in [5, 5.41) is 7.60. The van der Waals surface area contributed by atoms with E-state index in [0.29, 0.717) is 5.03 Å². The van der Waals surface area contributed by atoms with Crippen molar-refractivity contribution in [1.82, 2.24) is 15.1 Å². The Labute approximate surface area is 154 Å². The highest BCUT2D eigenvalue weighted by molar-refractivity contribution is 8.03. The van der Waals surface area contributed by atoms with Gasteiger partial charge in [0.1, 0.15) is 22.7 Å². The number of piperazine rings is 1. The molecule has 138 valence electrons. The number of hydrogen-bond donors (Lipinski definition) is 2. The number of nitrogens with zero attached hydrogens (tertiary/aromatic N) is 4. The molecular formula is C17H20F2N6S. The van der Waals surface area contributed by atoms with E-state index < -0.39 is 17.0 Å². The summed E-state index contributed by atoms with van der Waals surface area (Å²) >= 11 is 1.23. The Morgan fingerprint density at radius 2 is 1.92 bits per heavy atom. The number of anilines is 2. The molecule has 26 heavy (non-hydrogen) atoms. The summed E-state index contributed by atoms with van der Waals surface area (Å²) in [6.07, 6.45) is 3.45. The molecule has 3 heterocycles. The summed E-state index contributed by atoms with van der Waals surface area (Å²) in [5.41, 5.74) is 6.80. The lowest BCUT2D eigenvalue weighted by molar-refractivity contribution is 0.553. The normalized spacial score (nSPS) is 20.6. The van der Waals surface area contributed by atoms with Crippen LogP contribution in [0.3, 0.4) is 0 Å². The number of nitrogens with one attached hydrogen (secondary N) is 1. The van der Waals surface area contributed by atoms with Crippen molar-refractivity contribution in [3.05, 3.63) is 52.8 Å². The van der Waals surface area contributed by atoms with Gasteiger partial charge in [-0.25, -0.2) is 8.78 Å². The first-order chi connectivity index (χ1) is 12.6.